The van der Waals surface area contributed by atoms with Crippen LogP contribution in [0.3, 0.4) is 0 Å². The zero-order valence-electron chi connectivity index (χ0n) is 13.2. The third-order valence-corrected chi connectivity index (χ3v) is 5.88. The molecule has 2 N–H and O–H groups in total. The Bertz CT molecular complexity index is 961. The minimum absolute atomic E-state index is 0.0118. The van der Waals surface area contributed by atoms with Crippen molar-refractivity contribution in [3.63, 3.8) is 0 Å². The largest absolute Gasteiger partial charge is 0.506 e. The molecule has 134 valence electrons. The van der Waals surface area contributed by atoms with Crippen molar-refractivity contribution in [2.24, 2.45) is 5.92 Å². The Balaban J connectivity index is 1.91. The fourth-order valence-corrected chi connectivity index (χ4v) is 4.76. The van der Waals surface area contributed by atoms with Gasteiger partial charge in [0.25, 0.3) is 5.69 Å². The number of aromatic hydroxyl groups is 1. The Morgan fingerprint density at radius 3 is 2.65 bits per heavy atom. The molecule has 0 amide bonds. The van der Waals surface area contributed by atoms with E-state index in [4.69, 9.17) is 34.8 Å². The standard InChI is InChI=1S/C18H13Cl3N2O3/c19-8-4-5-11(12(20)6-8)16-10-3-1-2-9(10)15-17(22-16)14(24)7-13(21)18(15)23(25)26/h1-2,4-7,9-10,16,22,24H,3H2/t9-,10+,16+/m1/s1. The van der Waals surface area contributed by atoms with Crippen LogP contribution in [0.5, 0.6) is 5.75 Å². The number of anilines is 1. The SMILES string of the molecule is O=[N+]([O-])c1c(Cl)cc(O)c2c1[C@@H]1C=CC[C@@H]1[C@@H](c1ccc(Cl)cc1Cl)N2. The van der Waals surface area contributed by atoms with Gasteiger partial charge in [0, 0.05) is 22.0 Å². The van der Waals surface area contributed by atoms with Gasteiger partial charge in [0.05, 0.1) is 22.2 Å². The smallest absolute Gasteiger partial charge is 0.293 e. The highest BCUT2D eigenvalue weighted by Crippen LogP contribution is 2.56. The molecule has 3 atom stereocenters. The van der Waals surface area contributed by atoms with Crippen LogP contribution < -0.4 is 5.32 Å². The lowest BCUT2D eigenvalue weighted by Gasteiger charge is -2.37. The number of nitrogens with one attached hydrogen (secondary N) is 1. The van der Waals surface area contributed by atoms with Gasteiger partial charge >= 0.3 is 0 Å². The molecular formula is C18H13Cl3N2O3. The van der Waals surface area contributed by atoms with E-state index in [2.05, 4.69) is 5.32 Å². The van der Waals surface area contributed by atoms with Gasteiger partial charge in [0.2, 0.25) is 0 Å². The third kappa shape index (κ3) is 2.62. The fraction of sp³-hybridized carbons (Fsp3) is 0.222. The molecule has 0 bridgehead atoms. The number of phenols is 1. The summed E-state index contributed by atoms with van der Waals surface area (Å²) in [5, 5.41) is 26.2. The highest BCUT2D eigenvalue weighted by molar-refractivity contribution is 6.35. The molecule has 0 unspecified atom stereocenters. The van der Waals surface area contributed by atoms with Crippen molar-refractivity contribution in [3.05, 3.63) is 72.7 Å². The first kappa shape index (κ1) is 17.5. The van der Waals surface area contributed by atoms with E-state index < -0.39 is 4.92 Å². The summed E-state index contributed by atoms with van der Waals surface area (Å²) in [7, 11) is 0. The summed E-state index contributed by atoms with van der Waals surface area (Å²) in [6.45, 7) is 0. The van der Waals surface area contributed by atoms with Crippen LogP contribution in [0.2, 0.25) is 15.1 Å². The second kappa shape index (κ2) is 6.34. The number of nitrogens with zero attached hydrogens (tertiary/aromatic N) is 1. The van der Waals surface area contributed by atoms with E-state index in [9.17, 15) is 15.2 Å². The summed E-state index contributed by atoms with van der Waals surface area (Å²) in [6, 6.07) is 6.23. The van der Waals surface area contributed by atoms with Crippen molar-refractivity contribution in [2.45, 2.75) is 18.4 Å². The second-order valence-electron chi connectivity index (χ2n) is 6.41. The number of nitro benzene ring substituents is 1. The van der Waals surface area contributed by atoms with Crippen molar-refractivity contribution >= 4 is 46.2 Å². The first-order valence-electron chi connectivity index (χ1n) is 7.96. The molecule has 8 heteroatoms. The monoisotopic (exact) mass is 410 g/mol. The predicted octanol–water partition coefficient (Wildman–Crippen LogP) is 6.09. The number of hydrogen-bond acceptors (Lipinski definition) is 4. The van der Waals surface area contributed by atoms with Crippen molar-refractivity contribution < 1.29 is 10.0 Å². The van der Waals surface area contributed by atoms with Gasteiger partial charge in [-0.05, 0) is 30.0 Å². The molecular weight excluding hydrogens is 399 g/mol. The van der Waals surface area contributed by atoms with Crippen LogP contribution in [0.15, 0.2) is 36.4 Å². The topological polar surface area (TPSA) is 75.4 Å². The first-order chi connectivity index (χ1) is 12.4. The Kier molecular flexibility index (Phi) is 4.26. The summed E-state index contributed by atoms with van der Waals surface area (Å²) >= 11 is 18.4. The highest BCUT2D eigenvalue weighted by Gasteiger charge is 2.44. The van der Waals surface area contributed by atoms with E-state index in [1.165, 1.54) is 6.07 Å². The summed E-state index contributed by atoms with van der Waals surface area (Å²) in [6.07, 6.45) is 4.65. The molecule has 26 heavy (non-hydrogen) atoms. The van der Waals surface area contributed by atoms with Crippen LogP contribution in [0, 0.1) is 16.0 Å². The number of benzene rings is 2. The summed E-state index contributed by atoms with van der Waals surface area (Å²) < 4.78 is 0. The van der Waals surface area contributed by atoms with Crippen molar-refractivity contribution in [1.29, 1.82) is 0 Å². The van der Waals surface area contributed by atoms with Gasteiger partial charge in [-0.15, -0.1) is 0 Å². The molecule has 0 spiro atoms. The lowest BCUT2D eigenvalue weighted by atomic mass is 9.76. The van der Waals surface area contributed by atoms with E-state index in [0.717, 1.165) is 12.0 Å². The van der Waals surface area contributed by atoms with Crippen LogP contribution in [0.25, 0.3) is 0 Å². The van der Waals surface area contributed by atoms with Crippen LogP contribution in [0.1, 0.15) is 29.5 Å². The van der Waals surface area contributed by atoms with E-state index in [-0.39, 0.29) is 34.3 Å². The van der Waals surface area contributed by atoms with E-state index in [0.29, 0.717) is 21.3 Å². The molecule has 5 nitrogen and oxygen atoms in total. The van der Waals surface area contributed by atoms with Crippen LogP contribution in [-0.4, -0.2) is 10.0 Å². The number of allylic oxidation sites excluding steroid dienone is 2. The molecule has 0 aromatic heterocycles. The van der Waals surface area contributed by atoms with E-state index in [1.807, 2.05) is 18.2 Å². The lowest BCUT2D eigenvalue weighted by Crippen LogP contribution is -2.30. The maximum Gasteiger partial charge on any atom is 0.293 e. The van der Waals surface area contributed by atoms with Gasteiger partial charge in [0.1, 0.15) is 10.8 Å². The maximum atomic E-state index is 11.6. The second-order valence-corrected chi connectivity index (χ2v) is 7.66. The molecule has 2 aliphatic rings. The van der Waals surface area contributed by atoms with E-state index in [1.54, 1.807) is 12.1 Å². The first-order valence-corrected chi connectivity index (χ1v) is 9.09. The fourth-order valence-electron chi connectivity index (χ4n) is 3.96. The molecule has 4 rings (SSSR count). The van der Waals surface area contributed by atoms with Crippen molar-refractivity contribution in [1.82, 2.24) is 0 Å². The van der Waals surface area contributed by atoms with Gasteiger partial charge in [-0.1, -0.05) is 53.0 Å². The summed E-state index contributed by atoms with van der Waals surface area (Å²) in [5.74, 6) is -0.352. The Hall–Kier alpha value is -1.95. The molecule has 0 radical (unpaired) electrons. The minimum Gasteiger partial charge on any atom is -0.506 e. The number of hydrogen-bond donors (Lipinski definition) is 2. The maximum absolute atomic E-state index is 11.6. The molecule has 2 aromatic carbocycles. The molecule has 0 saturated heterocycles. The Morgan fingerprint density at radius 2 is 1.96 bits per heavy atom. The van der Waals surface area contributed by atoms with Crippen LogP contribution >= 0.6 is 34.8 Å². The normalized spacial score (nSPS) is 23.3. The van der Waals surface area contributed by atoms with Gasteiger partial charge in [-0.3, -0.25) is 10.1 Å². The average molecular weight is 412 g/mol. The third-order valence-electron chi connectivity index (χ3n) is 5.02. The number of fused-ring (bicyclic) bond motifs is 3. The molecule has 1 aliphatic carbocycles. The van der Waals surface area contributed by atoms with Crippen molar-refractivity contribution in [2.75, 3.05) is 5.32 Å². The lowest BCUT2D eigenvalue weighted by molar-refractivity contribution is -0.385. The van der Waals surface area contributed by atoms with Gasteiger partial charge in [0.15, 0.2) is 0 Å². The van der Waals surface area contributed by atoms with Gasteiger partial charge in [-0.2, -0.15) is 0 Å². The number of rotatable bonds is 2. The molecule has 2 aromatic rings. The molecule has 0 saturated carbocycles. The zero-order valence-corrected chi connectivity index (χ0v) is 15.5. The Labute approximate surface area is 164 Å². The predicted molar refractivity (Wildman–Crippen MR) is 103 cm³/mol. The van der Waals surface area contributed by atoms with Crippen LogP contribution in [0.4, 0.5) is 11.4 Å². The Morgan fingerprint density at radius 1 is 1.19 bits per heavy atom. The average Bonchev–Trinajstić information content (AvgIpc) is 3.04. The van der Waals surface area contributed by atoms with Crippen LogP contribution in [-0.2, 0) is 0 Å². The van der Waals surface area contributed by atoms with Gasteiger partial charge in [-0.25, -0.2) is 0 Å². The van der Waals surface area contributed by atoms with Crippen molar-refractivity contribution in [3.8, 4) is 5.75 Å². The quantitative estimate of drug-likeness (QED) is 0.271. The summed E-state index contributed by atoms with van der Waals surface area (Å²) in [4.78, 5) is 11.1. The summed E-state index contributed by atoms with van der Waals surface area (Å²) in [5.41, 5.74) is 1.40. The van der Waals surface area contributed by atoms with E-state index >= 15 is 0 Å². The highest BCUT2D eigenvalue weighted by atomic mass is 35.5. The number of nitro groups is 1. The zero-order chi connectivity index (χ0) is 18.6. The number of halogens is 3. The minimum atomic E-state index is -0.499. The van der Waals surface area contributed by atoms with Gasteiger partial charge < -0.3 is 10.4 Å². The number of phenolic OH excluding ortho intramolecular Hbond substituents is 1. The molecule has 1 aliphatic heterocycles. The molecule has 1 heterocycles. The molecule has 0 fully saturated rings.